The minimum atomic E-state index is -1.18. The van der Waals surface area contributed by atoms with E-state index in [0.29, 0.717) is 23.3 Å². The van der Waals surface area contributed by atoms with Gasteiger partial charge in [-0.25, -0.2) is 9.18 Å². The van der Waals surface area contributed by atoms with Gasteiger partial charge in [0.05, 0.1) is 23.3 Å². The molecule has 2 aliphatic rings. The van der Waals surface area contributed by atoms with E-state index >= 15 is 0 Å². The molecule has 0 bridgehead atoms. The topological polar surface area (TPSA) is 47.9 Å². The number of carbonyl (C=O) groups excluding carboxylic acids is 1. The van der Waals surface area contributed by atoms with Gasteiger partial charge in [0.25, 0.3) is 0 Å². The van der Waals surface area contributed by atoms with Crippen molar-refractivity contribution in [1.82, 2.24) is 0 Å². The predicted molar refractivity (Wildman–Crippen MR) is 72.2 cm³/mol. The number of hydrogen-bond acceptors (Lipinski definition) is 4. The van der Waals surface area contributed by atoms with Gasteiger partial charge in [0.2, 0.25) is 0 Å². The summed E-state index contributed by atoms with van der Waals surface area (Å²) in [7, 11) is 0. The third-order valence-electron chi connectivity index (χ3n) is 3.70. The van der Waals surface area contributed by atoms with Gasteiger partial charge in [-0.05, 0) is 23.8 Å². The van der Waals surface area contributed by atoms with Crippen molar-refractivity contribution in [2.45, 2.75) is 12.2 Å². The van der Waals surface area contributed by atoms with Crippen LogP contribution in [0.5, 0.6) is 0 Å². The summed E-state index contributed by atoms with van der Waals surface area (Å²) >= 11 is 0. The van der Waals surface area contributed by atoms with Crippen LogP contribution in [-0.4, -0.2) is 11.7 Å². The molecule has 2 heterocycles. The highest BCUT2D eigenvalue weighted by Crippen LogP contribution is 2.44. The maximum atomic E-state index is 13.0. The molecule has 1 atom stereocenters. The zero-order valence-electron chi connectivity index (χ0n) is 10.9. The van der Waals surface area contributed by atoms with Gasteiger partial charge in [0, 0.05) is 0 Å². The molecule has 104 valence electrons. The number of halogens is 1. The molecule has 2 aromatic carbocycles. The highest BCUT2D eigenvalue weighted by Gasteiger charge is 2.52. The van der Waals surface area contributed by atoms with Crippen LogP contribution in [0.2, 0.25) is 0 Å². The normalized spacial score (nSPS) is 22.7. The molecule has 0 aliphatic carbocycles. The smallest absolute Gasteiger partial charge is 0.342 e. The van der Waals surface area contributed by atoms with Crippen molar-refractivity contribution in [2.75, 3.05) is 0 Å². The van der Waals surface area contributed by atoms with Crippen LogP contribution >= 0.6 is 0 Å². The van der Waals surface area contributed by atoms with Crippen LogP contribution in [-0.2, 0) is 15.4 Å². The summed E-state index contributed by atoms with van der Waals surface area (Å²) in [6, 6.07) is 13.1. The van der Waals surface area contributed by atoms with Crippen LogP contribution in [0.25, 0.3) is 0 Å². The number of hydrogen-bond donors (Lipinski definition) is 0. The number of oxime groups is 1. The first-order valence-corrected chi connectivity index (χ1v) is 6.52. The lowest BCUT2D eigenvalue weighted by Crippen LogP contribution is -2.26. The van der Waals surface area contributed by atoms with E-state index in [-0.39, 0.29) is 5.82 Å². The quantitative estimate of drug-likeness (QED) is 0.756. The molecule has 0 fully saturated rings. The van der Waals surface area contributed by atoms with Gasteiger partial charge in [-0.3, -0.25) is 0 Å². The second-order valence-electron chi connectivity index (χ2n) is 5.00. The zero-order chi connectivity index (χ0) is 14.4. The summed E-state index contributed by atoms with van der Waals surface area (Å²) < 4.78 is 18.4. The number of nitrogens with zero attached hydrogens (tertiary/aromatic N) is 1. The molecule has 0 amide bonds. The molecule has 4 nitrogen and oxygen atoms in total. The van der Waals surface area contributed by atoms with Crippen molar-refractivity contribution in [3.63, 3.8) is 0 Å². The van der Waals surface area contributed by atoms with Gasteiger partial charge >= 0.3 is 11.8 Å². The molecule has 0 N–H and O–H groups in total. The Morgan fingerprint density at radius 1 is 1.10 bits per heavy atom. The average molecular weight is 283 g/mol. The largest absolute Gasteiger partial charge is 0.412 e. The lowest BCUT2D eigenvalue weighted by molar-refractivity contribution is -0.186. The Hall–Kier alpha value is -2.69. The summed E-state index contributed by atoms with van der Waals surface area (Å²) in [4.78, 5) is 17.4. The van der Waals surface area contributed by atoms with Crippen molar-refractivity contribution in [2.24, 2.45) is 5.16 Å². The van der Waals surface area contributed by atoms with E-state index in [2.05, 4.69) is 5.16 Å². The molecular weight excluding hydrogens is 273 g/mol. The van der Waals surface area contributed by atoms with Gasteiger partial charge in [-0.2, -0.15) is 0 Å². The Labute approximate surface area is 119 Å². The second kappa shape index (κ2) is 4.15. The first-order valence-electron chi connectivity index (χ1n) is 6.52. The number of benzene rings is 2. The molecule has 5 heteroatoms. The molecule has 2 aromatic rings. The third kappa shape index (κ3) is 1.74. The predicted octanol–water partition coefficient (Wildman–Crippen LogP) is 2.97. The Balaban J connectivity index is 1.70. The van der Waals surface area contributed by atoms with Crippen LogP contribution < -0.4 is 0 Å². The van der Waals surface area contributed by atoms with Crippen LogP contribution in [0.15, 0.2) is 53.7 Å². The fourth-order valence-electron chi connectivity index (χ4n) is 2.66. The maximum absolute atomic E-state index is 13.0. The molecule has 1 spiro atoms. The molecular formula is C16H10FNO3. The molecule has 21 heavy (non-hydrogen) atoms. The van der Waals surface area contributed by atoms with Crippen molar-refractivity contribution in [3.05, 3.63) is 71.0 Å². The Bertz CT molecular complexity index is 769. The molecule has 0 aromatic heterocycles. The molecule has 2 aliphatic heterocycles. The lowest BCUT2D eigenvalue weighted by atomic mass is 9.96. The van der Waals surface area contributed by atoms with E-state index in [9.17, 15) is 9.18 Å². The van der Waals surface area contributed by atoms with E-state index in [1.807, 2.05) is 6.07 Å². The van der Waals surface area contributed by atoms with Crippen LogP contribution in [0.4, 0.5) is 4.39 Å². The molecule has 0 radical (unpaired) electrons. The molecule has 0 saturated carbocycles. The lowest BCUT2D eigenvalue weighted by Gasteiger charge is -2.19. The number of fused-ring (bicyclic) bond motifs is 2. The standard InChI is InChI=1S/C16H10FNO3/c17-11-7-5-10(6-8-11)14-9-16(21-18-14)13-4-2-1-3-12(13)15(19)20-16/h1-8H,9H2. The van der Waals surface area contributed by atoms with E-state index in [0.717, 1.165) is 5.56 Å². The summed E-state index contributed by atoms with van der Waals surface area (Å²) in [5, 5.41) is 4.02. The Morgan fingerprint density at radius 2 is 1.86 bits per heavy atom. The highest BCUT2D eigenvalue weighted by molar-refractivity contribution is 6.03. The summed E-state index contributed by atoms with van der Waals surface area (Å²) in [6.45, 7) is 0. The number of esters is 1. The second-order valence-corrected chi connectivity index (χ2v) is 5.00. The molecule has 0 saturated heterocycles. The average Bonchev–Trinajstić information content (AvgIpc) is 3.04. The summed E-state index contributed by atoms with van der Waals surface area (Å²) in [6.07, 6.45) is 0.307. The third-order valence-corrected chi connectivity index (χ3v) is 3.70. The van der Waals surface area contributed by atoms with Crippen LogP contribution in [0.3, 0.4) is 0 Å². The highest BCUT2D eigenvalue weighted by atomic mass is 19.1. The first-order chi connectivity index (χ1) is 10.2. The number of ether oxygens (including phenoxy) is 1. The Morgan fingerprint density at radius 3 is 2.67 bits per heavy atom. The summed E-state index contributed by atoms with van der Waals surface area (Å²) in [5.41, 5.74) is 2.54. The minimum absolute atomic E-state index is 0.307. The fraction of sp³-hybridized carbons (Fsp3) is 0.125. The number of rotatable bonds is 1. The van der Waals surface area contributed by atoms with Gasteiger partial charge < -0.3 is 9.57 Å². The maximum Gasteiger partial charge on any atom is 0.342 e. The van der Waals surface area contributed by atoms with Crippen molar-refractivity contribution >= 4 is 11.7 Å². The first kappa shape index (κ1) is 12.1. The van der Waals surface area contributed by atoms with Crippen molar-refractivity contribution < 1.29 is 18.8 Å². The van der Waals surface area contributed by atoms with Gasteiger partial charge in [-0.1, -0.05) is 35.5 Å². The van der Waals surface area contributed by atoms with E-state index in [4.69, 9.17) is 9.57 Å². The van der Waals surface area contributed by atoms with E-state index < -0.39 is 11.8 Å². The molecule has 4 rings (SSSR count). The van der Waals surface area contributed by atoms with Crippen molar-refractivity contribution in [1.29, 1.82) is 0 Å². The molecule has 1 unspecified atom stereocenters. The van der Waals surface area contributed by atoms with E-state index in [1.54, 1.807) is 30.3 Å². The van der Waals surface area contributed by atoms with Gasteiger partial charge in [-0.15, -0.1) is 0 Å². The van der Waals surface area contributed by atoms with Gasteiger partial charge in [0.1, 0.15) is 5.82 Å². The van der Waals surface area contributed by atoms with Crippen LogP contribution in [0.1, 0.15) is 27.9 Å². The monoisotopic (exact) mass is 283 g/mol. The van der Waals surface area contributed by atoms with Crippen LogP contribution in [0, 0.1) is 5.82 Å². The fourth-order valence-corrected chi connectivity index (χ4v) is 2.66. The van der Waals surface area contributed by atoms with E-state index in [1.165, 1.54) is 12.1 Å². The Kier molecular flexibility index (Phi) is 2.39. The zero-order valence-corrected chi connectivity index (χ0v) is 10.9. The number of carbonyl (C=O) groups is 1. The SMILES string of the molecule is O=C1OC2(CC(c3ccc(F)cc3)=NO2)c2ccccc21. The summed E-state index contributed by atoms with van der Waals surface area (Å²) in [5.74, 6) is -1.91. The van der Waals surface area contributed by atoms with Gasteiger partial charge in [0.15, 0.2) is 0 Å². The van der Waals surface area contributed by atoms with Crippen molar-refractivity contribution in [3.8, 4) is 0 Å². The minimum Gasteiger partial charge on any atom is -0.412 e.